The zero-order valence-corrected chi connectivity index (χ0v) is 27.1. The number of hydrogen-bond acceptors (Lipinski definition) is 7. The molecule has 0 bridgehead atoms. The van der Waals surface area contributed by atoms with Crippen molar-refractivity contribution in [2.24, 2.45) is 0 Å². The number of nitrogens with zero attached hydrogens (tertiary/aromatic N) is 5. The summed E-state index contributed by atoms with van der Waals surface area (Å²) in [6.07, 6.45) is 1.79. The van der Waals surface area contributed by atoms with Crippen LogP contribution in [-0.2, 0) is 11.2 Å². The number of anilines is 5. The van der Waals surface area contributed by atoms with Gasteiger partial charge in [-0.15, -0.1) is 0 Å². The van der Waals surface area contributed by atoms with Gasteiger partial charge < -0.3 is 25.3 Å². The summed E-state index contributed by atoms with van der Waals surface area (Å²) in [5.41, 5.74) is 5.63. The van der Waals surface area contributed by atoms with E-state index in [1.807, 2.05) is 63.8 Å². The molecule has 1 heterocycles. The first-order chi connectivity index (χ1) is 20.7. The molecule has 0 aliphatic rings. The van der Waals surface area contributed by atoms with Crippen molar-refractivity contribution in [1.82, 2.24) is 14.9 Å². The lowest BCUT2D eigenvalue weighted by Gasteiger charge is -2.31. The summed E-state index contributed by atoms with van der Waals surface area (Å²) in [7, 11) is 5.89. The molecule has 0 fully saturated rings. The molecule has 1 amide bonds. The molecule has 0 aliphatic heterocycles. The van der Waals surface area contributed by atoms with Gasteiger partial charge in [0.05, 0.1) is 17.1 Å². The fourth-order valence-corrected chi connectivity index (χ4v) is 4.98. The predicted octanol–water partition coefficient (Wildman–Crippen LogP) is 7.11. The van der Waals surface area contributed by atoms with Crippen molar-refractivity contribution in [3.05, 3.63) is 78.4 Å². The molecule has 44 heavy (non-hydrogen) atoms. The molecule has 236 valence electrons. The molecule has 0 spiro atoms. The molecule has 1 unspecified atom stereocenters. The maximum atomic E-state index is 15.2. The zero-order valence-electron chi connectivity index (χ0n) is 27.1. The van der Waals surface area contributed by atoms with Gasteiger partial charge in [-0.3, -0.25) is 4.79 Å². The summed E-state index contributed by atoms with van der Waals surface area (Å²) in [5.74, 6) is -0.480. The molecule has 10 heteroatoms. The Kier molecular flexibility index (Phi) is 11.6. The number of rotatable bonds is 14. The van der Waals surface area contributed by atoms with Crippen molar-refractivity contribution >= 4 is 34.6 Å². The number of allylic oxidation sites excluding steroid dienone is 1. The van der Waals surface area contributed by atoms with E-state index in [-0.39, 0.29) is 30.1 Å². The van der Waals surface area contributed by atoms with Gasteiger partial charge in [-0.1, -0.05) is 13.2 Å². The summed E-state index contributed by atoms with van der Waals surface area (Å²) < 4.78 is 29.6. The third kappa shape index (κ3) is 8.63. The lowest BCUT2D eigenvalue weighted by Crippen LogP contribution is -2.29. The number of amides is 1. The average molecular weight is 606 g/mol. The van der Waals surface area contributed by atoms with E-state index in [1.165, 1.54) is 19.1 Å². The molecular formula is C34H45F2N7O. The van der Waals surface area contributed by atoms with Gasteiger partial charge in [-0.25, -0.2) is 18.7 Å². The fourth-order valence-electron chi connectivity index (χ4n) is 4.98. The van der Waals surface area contributed by atoms with Crippen molar-refractivity contribution in [3.8, 4) is 11.3 Å². The predicted molar refractivity (Wildman–Crippen MR) is 179 cm³/mol. The van der Waals surface area contributed by atoms with E-state index in [0.717, 1.165) is 17.9 Å². The Morgan fingerprint density at radius 2 is 1.77 bits per heavy atom. The number of alkyl halides is 1. The summed E-state index contributed by atoms with van der Waals surface area (Å²) in [6.45, 7) is 18.3. The van der Waals surface area contributed by atoms with Crippen molar-refractivity contribution in [1.29, 1.82) is 0 Å². The highest BCUT2D eigenvalue weighted by Gasteiger charge is 2.20. The maximum absolute atomic E-state index is 15.2. The molecule has 3 aromatic rings. The minimum Gasteiger partial charge on any atom is -0.372 e. The Hall–Kier alpha value is -4.31. The van der Waals surface area contributed by atoms with Crippen LogP contribution >= 0.6 is 0 Å². The Morgan fingerprint density at radius 1 is 1.07 bits per heavy atom. The number of benzene rings is 2. The van der Waals surface area contributed by atoms with E-state index in [9.17, 15) is 9.18 Å². The normalized spacial score (nSPS) is 11.8. The van der Waals surface area contributed by atoms with Gasteiger partial charge in [0.15, 0.2) is 0 Å². The first-order valence-electron chi connectivity index (χ1n) is 14.7. The number of likely N-dealkylation sites (N-methyl/N-ethyl adjacent to an activating group) is 2. The molecule has 0 aliphatic carbocycles. The van der Waals surface area contributed by atoms with Crippen LogP contribution in [0.4, 0.5) is 37.5 Å². The molecule has 8 nitrogen and oxygen atoms in total. The quantitative estimate of drug-likeness (QED) is 0.190. The highest BCUT2D eigenvalue weighted by Crippen LogP contribution is 2.36. The monoisotopic (exact) mass is 605 g/mol. The molecule has 1 aromatic heterocycles. The van der Waals surface area contributed by atoms with Gasteiger partial charge >= 0.3 is 0 Å². The topological polar surface area (TPSA) is 76.6 Å². The second-order valence-electron chi connectivity index (χ2n) is 11.6. The molecule has 0 saturated carbocycles. The van der Waals surface area contributed by atoms with Crippen LogP contribution < -0.4 is 20.4 Å². The van der Waals surface area contributed by atoms with E-state index in [0.29, 0.717) is 46.0 Å². The minimum atomic E-state index is -1.12. The van der Waals surface area contributed by atoms with Gasteiger partial charge in [-0.05, 0) is 90.7 Å². The van der Waals surface area contributed by atoms with Crippen LogP contribution in [0, 0.1) is 12.7 Å². The SMILES string of the molecule is C=CC(=O)Nc1cc(Nc2nccc(-c3cc(F)c(C)c(N(C(=C)C)C(C)C)c3)n2)c(CC(C)F)cc1N(C)CCN(C)C. The first-order valence-corrected chi connectivity index (χ1v) is 14.7. The van der Waals surface area contributed by atoms with Crippen LogP contribution in [0.25, 0.3) is 11.3 Å². The number of aromatic nitrogens is 2. The second-order valence-corrected chi connectivity index (χ2v) is 11.6. The van der Waals surface area contributed by atoms with E-state index in [2.05, 4.69) is 38.7 Å². The first kappa shape index (κ1) is 34.2. The van der Waals surface area contributed by atoms with Crippen LogP contribution in [0.3, 0.4) is 0 Å². The minimum absolute atomic E-state index is 0.0699. The number of nitrogens with one attached hydrogen (secondary N) is 2. The summed E-state index contributed by atoms with van der Waals surface area (Å²) in [5, 5.41) is 6.10. The van der Waals surface area contributed by atoms with Gasteiger partial charge in [0.2, 0.25) is 11.9 Å². The smallest absolute Gasteiger partial charge is 0.247 e. The Balaban J connectivity index is 2.10. The molecular weight excluding hydrogens is 560 g/mol. The Labute approximate surface area is 260 Å². The van der Waals surface area contributed by atoms with Gasteiger partial charge in [-0.2, -0.15) is 0 Å². The van der Waals surface area contributed by atoms with E-state index in [4.69, 9.17) is 0 Å². The fraction of sp³-hybridized carbons (Fsp3) is 0.382. The van der Waals surface area contributed by atoms with Crippen LogP contribution in [-0.4, -0.2) is 67.2 Å². The van der Waals surface area contributed by atoms with E-state index < -0.39 is 6.17 Å². The number of halogens is 2. The second kappa shape index (κ2) is 14.9. The lowest BCUT2D eigenvalue weighted by atomic mass is 10.0. The highest BCUT2D eigenvalue weighted by molar-refractivity contribution is 6.02. The van der Waals surface area contributed by atoms with Crippen molar-refractivity contribution < 1.29 is 13.6 Å². The standard InChI is InChI=1S/C34H45F2N7O/c1-11-33(44)38-30-20-29(25(16-23(6)35)19-32(30)42(10)15-14-41(8)9)40-34-37-13-12-28(39-34)26-17-27(36)24(7)31(18-26)43(21(2)3)22(4)5/h11-13,17-20,22-23H,1-2,14-16H2,3-10H3,(H,38,44)(H,37,39,40). The van der Waals surface area contributed by atoms with E-state index >= 15 is 4.39 Å². The molecule has 0 radical (unpaired) electrons. The maximum Gasteiger partial charge on any atom is 0.247 e. The summed E-state index contributed by atoms with van der Waals surface area (Å²) >= 11 is 0. The molecule has 1 atom stereocenters. The number of carbonyl (C=O) groups is 1. The number of carbonyl (C=O) groups excluding carboxylic acids is 1. The van der Waals surface area contributed by atoms with Crippen LogP contribution in [0.15, 0.2) is 61.5 Å². The molecule has 3 rings (SSSR count). The Bertz CT molecular complexity index is 1500. The molecule has 2 aromatic carbocycles. The Morgan fingerprint density at radius 3 is 2.36 bits per heavy atom. The molecule has 2 N–H and O–H groups in total. The van der Waals surface area contributed by atoms with Crippen LogP contribution in [0.5, 0.6) is 0 Å². The van der Waals surface area contributed by atoms with Gasteiger partial charge in [0.1, 0.15) is 12.0 Å². The zero-order chi connectivity index (χ0) is 32.7. The summed E-state index contributed by atoms with van der Waals surface area (Å²) in [6, 6.07) is 8.77. The average Bonchev–Trinajstić information content (AvgIpc) is 2.94. The van der Waals surface area contributed by atoms with Gasteiger partial charge in [0.25, 0.3) is 0 Å². The van der Waals surface area contributed by atoms with E-state index in [1.54, 1.807) is 25.3 Å². The molecule has 0 saturated heterocycles. The third-order valence-corrected chi connectivity index (χ3v) is 7.16. The van der Waals surface area contributed by atoms with Gasteiger partial charge in [0, 0.05) is 67.0 Å². The van der Waals surface area contributed by atoms with Crippen molar-refractivity contribution in [2.45, 2.75) is 53.3 Å². The number of hydrogen-bond donors (Lipinski definition) is 2. The lowest BCUT2D eigenvalue weighted by molar-refractivity contribution is -0.111. The van der Waals surface area contributed by atoms with Crippen molar-refractivity contribution in [3.63, 3.8) is 0 Å². The highest BCUT2D eigenvalue weighted by atomic mass is 19.1. The third-order valence-electron chi connectivity index (χ3n) is 7.16. The largest absolute Gasteiger partial charge is 0.372 e. The summed E-state index contributed by atoms with van der Waals surface area (Å²) in [4.78, 5) is 27.5. The van der Waals surface area contributed by atoms with Crippen molar-refractivity contribution in [2.75, 3.05) is 54.7 Å². The van der Waals surface area contributed by atoms with Crippen LogP contribution in [0.2, 0.25) is 0 Å². The van der Waals surface area contributed by atoms with Crippen LogP contribution in [0.1, 0.15) is 38.8 Å².